The molecule has 1 fully saturated rings. The van der Waals surface area contributed by atoms with E-state index < -0.39 is 0 Å². The SMILES string of the molecule is C=CCC(CC)(CC)CC(=O)NCC(=O)N1CCN(Cc2ccccc2OCc2ccc(C#N)cc2)CC1. The van der Waals surface area contributed by atoms with Gasteiger partial charge in [0.2, 0.25) is 11.8 Å². The van der Waals surface area contributed by atoms with Crippen molar-refractivity contribution in [3.63, 3.8) is 0 Å². The van der Waals surface area contributed by atoms with Crippen LogP contribution in [0.3, 0.4) is 0 Å². The van der Waals surface area contributed by atoms with Gasteiger partial charge in [-0.3, -0.25) is 14.5 Å². The van der Waals surface area contributed by atoms with Gasteiger partial charge in [-0.2, -0.15) is 5.26 Å². The third-order valence-corrected chi connectivity index (χ3v) is 7.62. The molecule has 1 aliphatic heterocycles. The highest BCUT2D eigenvalue weighted by molar-refractivity contribution is 5.85. The number of nitrogens with zero attached hydrogens (tertiary/aromatic N) is 3. The molecule has 2 aromatic carbocycles. The van der Waals surface area contributed by atoms with Crippen LogP contribution >= 0.6 is 0 Å². The monoisotopic (exact) mass is 516 g/mol. The van der Waals surface area contributed by atoms with E-state index in [1.54, 1.807) is 12.1 Å². The number of para-hydroxylation sites is 1. The minimum Gasteiger partial charge on any atom is -0.489 e. The number of rotatable bonds is 13. The standard InChI is InChI=1S/C31H40N4O3/c1-4-15-31(5-2,6-3)20-29(36)33-22-30(37)35-18-16-34(17-19-35)23-27-9-7-8-10-28(27)38-24-26-13-11-25(21-32)12-14-26/h4,7-14H,1,5-6,15-20,22-24H2,2-3H3,(H,33,36). The zero-order valence-electron chi connectivity index (χ0n) is 22.7. The predicted molar refractivity (Wildman–Crippen MR) is 149 cm³/mol. The van der Waals surface area contributed by atoms with Gasteiger partial charge in [-0.25, -0.2) is 0 Å². The average Bonchev–Trinajstić information content (AvgIpc) is 2.96. The highest BCUT2D eigenvalue weighted by Gasteiger charge is 2.28. The zero-order valence-corrected chi connectivity index (χ0v) is 22.7. The van der Waals surface area contributed by atoms with Crippen LogP contribution in [0.4, 0.5) is 0 Å². The van der Waals surface area contributed by atoms with E-state index in [9.17, 15) is 9.59 Å². The first-order valence-corrected chi connectivity index (χ1v) is 13.5. The molecule has 1 saturated heterocycles. The van der Waals surface area contributed by atoms with E-state index in [2.05, 4.69) is 42.8 Å². The van der Waals surface area contributed by atoms with Crippen LogP contribution in [0.25, 0.3) is 0 Å². The van der Waals surface area contributed by atoms with Crippen molar-refractivity contribution >= 4 is 11.8 Å². The summed E-state index contributed by atoms with van der Waals surface area (Å²) >= 11 is 0. The number of benzene rings is 2. The summed E-state index contributed by atoms with van der Waals surface area (Å²) in [5.74, 6) is 0.733. The molecule has 0 aliphatic carbocycles. The smallest absolute Gasteiger partial charge is 0.242 e. The number of piperazine rings is 1. The Labute approximate surface area is 227 Å². The molecule has 202 valence electrons. The maximum absolute atomic E-state index is 12.8. The van der Waals surface area contributed by atoms with Gasteiger partial charge in [0, 0.05) is 44.7 Å². The predicted octanol–water partition coefficient (Wildman–Crippen LogP) is 4.67. The summed E-state index contributed by atoms with van der Waals surface area (Å²) in [6.45, 7) is 12.0. The second-order valence-corrected chi connectivity index (χ2v) is 10.0. The summed E-state index contributed by atoms with van der Waals surface area (Å²) in [6, 6.07) is 17.5. The van der Waals surface area contributed by atoms with Crippen LogP contribution in [-0.2, 0) is 22.7 Å². The number of hydrogen-bond donors (Lipinski definition) is 1. The molecular weight excluding hydrogens is 476 g/mol. The van der Waals surface area contributed by atoms with Gasteiger partial charge in [0.05, 0.1) is 18.2 Å². The van der Waals surface area contributed by atoms with Crippen LogP contribution in [0.1, 0.15) is 56.2 Å². The molecular formula is C31H40N4O3. The third kappa shape index (κ3) is 8.19. The van der Waals surface area contributed by atoms with E-state index in [-0.39, 0.29) is 23.8 Å². The van der Waals surface area contributed by atoms with Crippen molar-refractivity contribution in [3.05, 3.63) is 77.9 Å². The van der Waals surface area contributed by atoms with Gasteiger partial charge in [0.15, 0.2) is 0 Å². The van der Waals surface area contributed by atoms with Gasteiger partial charge in [0.25, 0.3) is 0 Å². The Hall–Kier alpha value is -3.63. The molecule has 38 heavy (non-hydrogen) atoms. The Morgan fingerprint density at radius 1 is 1.08 bits per heavy atom. The van der Waals surface area contributed by atoms with Crippen LogP contribution < -0.4 is 10.1 Å². The number of carbonyl (C=O) groups excluding carboxylic acids is 2. The molecule has 3 rings (SSSR count). The fraction of sp³-hybridized carbons (Fsp3) is 0.452. The molecule has 0 spiro atoms. The van der Waals surface area contributed by atoms with Crippen molar-refractivity contribution in [2.24, 2.45) is 5.41 Å². The number of amides is 2. The molecule has 7 nitrogen and oxygen atoms in total. The molecule has 1 N–H and O–H groups in total. The second kappa shape index (κ2) is 14.3. The molecule has 2 aromatic rings. The fourth-order valence-corrected chi connectivity index (χ4v) is 4.86. The second-order valence-electron chi connectivity index (χ2n) is 10.0. The Morgan fingerprint density at radius 2 is 1.76 bits per heavy atom. The van der Waals surface area contributed by atoms with Crippen molar-refractivity contribution in [2.45, 2.75) is 52.7 Å². The number of nitriles is 1. The fourth-order valence-electron chi connectivity index (χ4n) is 4.86. The van der Waals surface area contributed by atoms with E-state index in [1.807, 2.05) is 41.3 Å². The average molecular weight is 517 g/mol. The maximum Gasteiger partial charge on any atom is 0.242 e. The number of allylic oxidation sites excluding steroid dienone is 1. The summed E-state index contributed by atoms with van der Waals surface area (Å²) in [4.78, 5) is 29.5. The highest BCUT2D eigenvalue weighted by atomic mass is 16.5. The molecule has 0 atom stereocenters. The zero-order chi connectivity index (χ0) is 27.4. The Balaban J connectivity index is 1.45. The molecule has 0 aromatic heterocycles. The summed E-state index contributed by atoms with van der Waals surface area (Å²) in [7, 11) is 0. The van der Waals surface area contributed by atoms with Crippen LogP contribution in [0.2, 0.25) is 0 Å². The normalized spacial score (nSPS) is 14.0. The highest BCUT2D eigenvalue weighted by Crippen LogP contribution is 2.34. The summed E-state index contributed by atoms with van der Waals surface area (Å²) in [5.41, 5.74) is 2.66. The van der Waals surface area contributed by atoms with Gasteiger partial charge >= 0.3 is 0 Å². The molecule has 0 radical (unpaired) electrons. The lowest BCUT2D eigenvalue weighted by molar-refractivity contribution is -0.134. The van der Waals surface area contributed by atoms with Crippen molar-refractivity contribution in [1.82, 2.24) is 15.1 Å². The molecule has 1 heterocycles. The summed E-state index contributed by atoms with van der Waals surface area (Å²) in [5, 5.41) is 11.8. The maximum atomic E-state index is 12.8. The minimum atomic E-state index is -0.0808. The van der Waals surface area contributed by atoms with Crippen molar-refractivity contribution in [2.75, 3.05) is 32.7 Å². The Morgan fingerprint density at radius 3 is 2.39 bits per heavy atom. The molecule has 0 unspecified atom stereocenters. The number of carbonyl (C=O) groups is 2. The first kappa shape index (κ1) is 28.9. The van der Waals surface area contributed by atoms with E-state index in [0.29, 0.717) is 31.7 Å². The third-order valence-electron chi connectivity index (χ3n) is 7.62. The summed E-state index contributed by atoms with van der Waals surface area (Å²) < 4.78 is 6.10. The quantitative estimate of drug-likeness (QED) is 0.391. The molecule has 0 bridgehead atoms. The number of hydrogen-bond acceptors (Lipinski definition) is 5. The lowest BCUT2D eigenvalue weighted by Crippen LogP contribution is -2.51. The van der Waals surface area contributed by atoms with Crippen molar-refractivity contribution in [1.29, 1.82) is 5.26 Å². The Kier molecular flexibility index (Phi) is 10.9. The van der Waals surface area contributed by atoms with E-state index in [4.69, 9.17) is 10.00 Å². The number of nitrogens with one attached hydrogen (secondary N) is 1. The van der Waals surface area contributed by atoms with Crippen LogP contribution in [0.5, 0.6) is 5.75 Å². The molecule has 1 aliphatic rings. The van der Waals surface area contributed by atoms with Crippen LogP contribution in [0.15, 0.2) is 61.2 Å². The van der Waals surface area contributed by atoms with Gasteiger partial charge < -0.3 is 15.0 Å². The van der Waals surface area contributed by atoms with Gasteiger partial charge in [0.1, 0.15) is 12.4 Å². The first-order chi connectivity index (χ1) is 18.4. The van der Waals surface area contributed by atoms with Crippen LogP contribution in [0, 0.1) is 16.7 Å². The van der Waals surface area contributed by atoms with Gasteiger partial charge in [-0.05, 0) is 48.4 Å². The molecule has 0 saturated carbocycles. The first-order valence-electron chi connectivity index (χ1n) is 13.5. The van der Waals surface area contributed by atoms with Crippen molar-refractivity contribution < 1.29 is 14.3 Å². The molecule has 2 amide bonds. The lowest BCUT2D eigenvalue weighted by Gasteiger charge is -2.35. The van der Waals surface area contributed by atoms with Crippen LogP contribution in [-0.4, -0.2) is 54.3 Å². The number of ether oxygens (including phenoxy) is 1. The largest absolute Gasteiger partial charge is 0.489 e. The van der Waals surface area contributed by atoms with Gasteiger partial charge in [-0.15, -0.1) is 6.58 Å². The van der Waals surface area contributed by atoms with Gasteiger partial charge in [-0.1, -0.05) is 50.3 Å². The van der Waals surface area contributed by atoms with E-state index in [1.165, 1.54) is 0 Å². The van der Waals surface area contributed by atoms with Crippen molar-refractivity contribution in [3.8, 4) is 11.8 Å². The summed E-state index contributed by atoms with van der Waals surface area (Å²) in [6.07, 6.45) is 4.91. The topological polar surface area (TPSA) is 85.7 Å². The van der Waals surface area contributed by atoms with E-state index >= 15 is 0 Å². The lowest BCUT2D eigenvalue weighted by atomic mass is 9.76. The minimum absolute atomic E-state index is 0.0357. The Bertz CT molecular complexity index is 1110. The van der Waals surface area contributed by atoms with E-state index in [0.717, 1.165) is 55.8 Å². The molecule has 7 heteroatoms.